The van der Waals surface area contributed by atoms with Crippen LogP contribution in [0.15, 0.2) is 47.6 Å². The van der Waals surface area contributed by atoms with Gasteiger partial charge in [0.05, 0.1) is 18.3 Å². The van der Waals surface area contributed by atoms with Gasteiger partial charge in [0.15, 0.2) is 5.17 Å². The molecule has 0 radical (unpaired) electrons. The third-order valence-corrected chi connectivity index (χ3v) is 5.81. The fourth-order valence-corrected chi connectivity index (χ4v) is 4.76. The summed E-state index contributed by atoms with van der Waals surface area (Å²) >= 11 is 8.16. The second-order valence-electron chi connectivity index (χ2n) is 6.25. The number of amidine groups is 1. The van der Waals surface area contributed by atoms with Gasteiger partial charge in [-0.05, 0) is 37.3 Å². The van der Waals surface area contributed by atoms with Crippen LogP contribution in [-0.4, -0.2) is 33.5 Å². The minimum Gasteiger partial charge on any atom is -0.494 e. The quantitative estimate of drug-likeness (QED) is 0.776. The Bertz CT molecular complexity index is 799. The van der Waals surface area contributed by atoms with Crippen LogP contribution in [0, 0.1) is 0 Å². The highest BCUT2D eigenvalue weighted by Crippen LogP contribution is 2.49. The Kier molecular flexibility index (Phi) is 4.61. The monoisotopic (exact) mass is 373 g/mol. The standard InChI is InChI=1S/C19H20ClN3OS/c1-3-24-16-8-7-13(20)10-14(16)18-17(15-6-4-5-9-21-15)22-19-23(18)11-12(2)25-19/h4-10,12,17-18H,3,11H2,1-2H3/t12-,17+,18+/m0/s1. The Balaban J connectivity index is 1.81. The molecule has 2 aliphatic heterocycles. The van der Waals surface area contributed by atoms with Crippen molar-refractivity contribution in [1.29, 1.82) is 0 Å². The first-order chi connectivity index (χ1) is 12.2. The molecule has 1 aromatic heterocycles. The average molecular weight is 374 g/mol. The van der Waals surface area contributed by atoms with Crippen LogP contribution in [0.1, 0.15) is 37.2 Å². The van der Waals surface area contributed by atoms with Crippen LogP contribution in [0.5, 0.6) is 5.75 Å². The van der Waals surface area contributed by atoms with E-state index in [4.69, 9.17) is 21.3 Å². The van der Waals surface area contributed by atoms with E-state index < -0.39 is 0 Å². The van der Waals surface area contributed by atoms with Crippen molar-refractivity contribution in [2.75, 3.05) is 13.2 Å². The number of benzene rings is 1. The van der Waals surface area contributed by atoms with Crippen LogP contribution in [0.25, 0.3) is 0 Å². The number of rotatable bonds is 4. The first-order valence-electron chi connectivity index (χ1n) is 8.51. The molecule has 1 aromatic carbocycles. The summed E-state index contributed by atoms with van der Waals surface area (Å²) in [4.78, 5) is 11.9. The van der Waals surface area contributed by atoms with Gasteiger partial charge >= 0.3 is 0 Å². The highest BCUT2D eigenvalue weighted by Gasteiger charge is 2.44. The summed E-state index contributed by atoms with van der Waals surface area (Å²) in [6.45, 7) is 5.82. The van der Waals surface area contributed by atoms with Gasteiger partial charge in [0, 0.05) is 28.6 Å². The number of hydrogen-bond donors (Lipinski definition) is 0. The van der Waals surface area contributed by atoms with Gasteiger partial charge in [-0.25, -0.2) is 0 Å². The molecule has 0 saturated carbocycles. The molecule has 0 aliphatic carbocycles. The Labute approximate surface area is 157 Å². The van der Waals surface area contributed by atoms with Gasteiger partial charge in [-0.15, -0.1) is 0 Å². The van der Waals surface area contributed by atoms with Crippen LogP contribution in [0.2, 0.25) is 5.02 Å². The zero-order valence-electron chi connectivity index (χ0n) is 14.2. The highest BCUT2D eigenvalue weighted by atomic mass is 35.5. The third-order valence-electron chi connectivity index (χ3n) is 4.47. The fraction of sp³-hybridized carbons (Fsp3) is 0.368. The lowest BCUT2D eigenvalue weighted by Gasteiger charge is -2.29. The minimum atomic E-state index is -0.0473. The van der Waals surface area contributed by atoms with Crippen molar-refractivity contribution in [3.05, 3.63) is 58.9 Å². The predicted molar refractivity (Wildman–Crippen MR) is 104 cm³/mol. The molecule has 0 amide bonds. The lowest BCUT2D eigenvalue weighted by atomic mass is 9.95. The normalized spacial score (nSPS) is 25.0. The molecule has 0 spiro atoms. The Morgan fingerprint density at radius 2 is 2.20 bits per heavy atom. The molecule has 2 aromatic rings. The second-order valence-corrected chi connectivity index (χ2v) is 8.09. The molecule has 4 rings (SSSR count). The zero-order chi connectivity index (χ0) is 17.4. The molecule has 1 fully saturated rings. The van der Waals surface area contributed by atoms with Crippen molar-refractivity contribution in [2.45, 2.75) is 31.2 Å². The number of thioether (sulfide) groups is 1. The first kappa shape index (κ1) is 16.7. The van der Waals surface area contributed by atoms with E-state index in [1.807, 2.05) is 61.3 Å². The summed E-state index contributed by atoms with van der Waals surface area (Å²) in [7, 11) is 0. The average Bonchev–Trinajstić information content (AvgIpc) is 3.13. The van der Waals surface area contributed by atoms with Crippen LogP contribution < -0.4 is 4.74 Å². The summed E-state index contributed by atoms with van der Waals surface area (Å²) < 4.78 is 5.90. The summed E-state index contributed by atoms with van der Waals surface area (Å²) in [5, 5.41) is 2.34. The summed E-state index contributed by atoms with van der Waals surface area (Å²) in [6.07, 6.45) is 1.83. The molecule has 0 unspecified atom stereocenters. The summed E-state index contributed by atoms with van der Waals surface area (Å²) in [5.41, 5.74) is 2.06. The van der Waals surface area contributed by atoms with Crippen LogP contribution in [-0.2, 0) is 0 Å². The lowest BCUT2D eigenvalue weighted by molar-refractivity contribution is 0.292. The first-order valence-corrected chi connectivity index (χ1v) is 9.77. The van der Waals surface area contributed by atoms with Crippen molar-refractivity contribution in [3.63, 3.8) is 0 Å². The Morgan fingerprint density at radius 1 is 1.32 bits per heavy atom. The molecule has 0 bridgehead atoms. The summed E-state index contributed by atoms with van der Waals surface area (Å²) in [6, 6.07) is 11.9. The number of aliphatic imine (C=N–C) groups is 1. The van der Waals surface area contributed by atoms with E-state index >= 15 is 0 Å². The second kappa shape index (κ2) is 6.89. The van der Waals surface area contributed by atoms with Gasteiger partial charge in [0.1, 0.15) is 11.8 Å². The number of fused-ring (bicyclic) bond motifs is 1. The molecular formula is C19H20ClN3OS. The van der Waals surface area contributed by atoms with Crippen molar-refractivity contribution >= 4 is 28.5 Å². The van der Waals surface area contributed by atoms with Crippen LogP contribution >= 0.6 is 23.4 Å². The van der Waals surface area contributed by atoms with E-state index in [2.05, 4.69) is 16.8 Å². The lowest BCUT2D eigenvalue weighted by Crippen LogP contribution is -2.29. The van der Waals surface area contributed by atoms with Gasteiger partial charge in [0.2, 0.25) is 0 Å². The van der Waals surface area contributed by atoms with Gasteiger partial charge in [-0.1, -0.05) is 36.4 Å². The highest BCUT2D eigenvalue weighted by molar-refractivity contribution is 8.14. The topological polar surface area (TPSA) is 37.7 Å². The predicted octanol–water partition coefficient (Wildman–Crippen LogP) is 4.72. The van der Waals surface area contributed by atoms with Crippen molar-refractivity contribution in [3.8, 4) is 5.75 Å². The van der Waals surface area contributed by atoms with E-state index in [0.29, 0.717) is 16.9 Å². The molecule has 3 heterocycles. The molecular weight excluding hydrogens is 354 g/mol. The number of hydrogen-bond acceptors (Lipinski definition) is 5. The SMILES string of the molecule is CCOc1ccc(Cl)cc1[C@@H]1[C@@H](c2ccccn2)N=C2S[C@@H](C)CN21. The number of halogens is 1. The number of ether oxygens (including phenoxy) is 1. The molecule has 4 nitrogen and oxygen atoms in total. The van der Waals surface area contributed by atoms with Crippen molar-refractivity contribution < 1.29 is 4.74 Å². The zero-order valence-corrected chi connectivity index (χ0v) is 15.8. The minimum absolute atomic E-state index is 0.0473. The molecule has 0 N–H and O–H groups in total. The van der Waals surface area contributed by atoms with Crippen molar-refractivity contribution in [1.82, 2.24) is 9.88 Å². The van der Waals surface area contributed by atoms with E-state index in [0.717, 1.165) is 28.7 Å². The largest absolute Gasteiger partial charge is 0.494 e. The number of nitrogens with zero attached hydrogens (tertiary/aromatic N) is 3. The maximum atomic E-state index is 6.33. The van der Waals surface area contributed by atoms with E-state index in [9.17, 15) is 0 Å². The van der Waals surface area contributed by atoms with Gasteiger partial charge in [-0.3, -0.25) is 9.98 Å². The van der Waals surface area contributed by atoms with Crippen molar-refractivity contribution in [2.24, 2.45) is 4.99 Å². The molecule has 25 heavy (non-hydrogen) atoms. The number of pyridine rings is 1. The van der Waals surface area contributed by atoms with Crippen LogP contribution in [0.3, 0.4) is 0 Å². The summed E-state index contributed by atoms with van der Waals surface area (Å²) in [5.74, 6) is 0.874. The van der Waals surface area contributed by atoms with Gasteiger partial charge in [-0.2, -0.15) is 0 Å². The maximum Gasteiger partial charge on any atom is 0.160 e. The molecule has 6 heteroatoms. The van der Waals surface area contributed by atoms with E-state index in [1.54, 1.807) is 0 Å². The van der Waals surface area contributed by atoms with E-state index in [1.165, 1.54) is 0 Å². The Morgan fingerprint density at radius 3 is 2.96 bits per heavy atom. The molecule has 2 aliphatic rings. The van der Waals surface area contributed by atoms with Gasteiger partial charge < -0.3 is 9.64 Å². The Hall–Kier alpha value is -1.72. The molecule has 130 valence electrons. The maximum absolute atomic E-state index is 6.33. The molecule has 3 atom stereocenters. The molecule has 1 saturated heterocycles. The van der Waals surface area contributed by atoms with Gasteiger partial charge in [0.25, 0.3) is 0 Å². The van der Waals surface area contributed by atoms with E-state index in [-0.39, 0.29) is 12.1 Å². The third kappa shape index (κ3) is 3.11. The fourth-order valence-electron chi connectivity index (χ4n) is 3.49. The van der Waals surface area contributed by atoms with Crippen LogP contribution in [0.4, 0.5) is 0 Å². The smallest absolute Gasteiger partial charge is 0.160 e. The number of aromatic nitrogens is 1.